The van der Waals surface area contributed by atoms with Gasteiger partial charge in [-0.25, -0.2) is 0 Å². The maximum Gasteiger partial charge on any atom is 0.162 e. The van der Waals surface area contributed by atoms with Crippen LogP contribution in [0.25, 0.3) is 0 Å². The zero-order valence-electron chi connectivity index (χ0n) is 12.6. The van der Waals surface area contributed by atoms with Gasteiger partial charge in [0.25, 0.3) is 0 Å². The lowest BCUT2D eigenvalue weighted by Crippen LogP contribution is -2.24. The average Bonchev–Trinajstić information content (AvgIpc) is 3.08. The normalized spacial score (nSPS) is 23.5. The first-order valence-corrected chi connectivity index (χ1v) is 8.09. The summed E-state index contributed by atoms with van der Waals surface area (Å²) in [7, 11) is 0. The highest BCUT2D eigenvalue weighted by Crippen LogP contribution is 2.35. The van der Waals surface area contributed by atoms with Crippen LogP contribution in [0.1, 0.15) is 30.1 Å². The van der Waals surface area contributed by atoms with Gasteiger partial charge >= 0.3 is 0 Å². The number of hydrogen-bond donors (Lipinski definition) is 1. The minimum absolute atomic E-state index is 0.0199. The van der Waals surface area contributed by atoms with E-state index in [4.69, 9.17) is 9.47 Å². The van der Waals surface area contributed by atoms with E-state index in [1.54, 1.807) is 0 Å². The Morgan fingerprint density at radius 3 is 2.59 bits per heavy atom. The van der Waals surface area contributed by atoms with Crippen molar-refractivity contribution < 1.29 is 9.47 Å². The third kappa shape index (κ3) is 2.81. The van der Waals surface area contributed by atoms with Crippen LogP contribution in [0, 0.1) is 0 Å². The molecule has 0 aromatic heterocycles. The molecule has 1 fully saturated rings. The molecular formula is C19H21NO2. The average molecular weight is 295 g/mol. The maximum atomic E-state index is 6.05. The van der Waals surface area contributed by atoms with Crippen LogP contribution >= 0.6 is 0 Å². The van der Waals surface area contributed by atoms with Crippen LogP contribution in [0.3, 0.4) is 0 Å². The molecular weight excluding hydrogens is 274 g/mol. The third-order valence-corrected chi connectivity index (χ3v) is 4.50. The number of fused-ring (bicyclic) bond motifs is 1. The summed E-state index contributed by atoms with van der Waals surface area (Å²) in [5.74, 6) is 1.67. The Balaban J connectivity index is 1.45. The second-order valence-corrected chi connectivity index (χ2v) is 6.10. The molecule has 0 unspecified atom stereocenters. The number of nitrogens with one attached hydrogen (secondary N) is 1. The summed E-state index contributed by atoms with van der Waals surface area (Å²) in [6.07, 6.45) is 3.69. The molecule has 2 aliphatic rings. The summed E-state index contributed by atoms with van der Waals surface area (Å²) >= 11 is 0. The minimum atomic E-state index is -0.0199. The molecule has 2 atom stereocenters. The number of para-hydroxylation sites is 2. The van der Waals surface area contributed by atoms with Crippen LogP contribution < -0.4 is 14.8 Å². The Kier molecular flexibility index (Phi) is 3.73. The van der Waals surface area contributed by atoms with E-state index in [9.17, 15) is 0 Å². The van der Waals surface area contributed by atoms with Gasteiger partial charge in [-0.1, -0.05) is 36.4 Å². The van der Waals surface area contributed by atoms with Crippen molar-refractivity contribution >= 4 is 0 Å². The largest absolute Gasteiger partial charge is 0.485 e. The molecule has 2 aromatic carbocycles. The lowest BCUT2D eigenvalue weighted by atomic mass is 10.0. The molecule has 1 saturated heterocycles. The molecule has 2 aromatic rings. The van der Waals surface area contributed by atoms with Gasteiger partial charge in [-0.15, -0.1) is 0 Å². The van der Waals surface area contributed by atoms with Gasteiger partial charge < -0.3 is 14.8 Å². The number of benzene rings is 2. The summed E-state index contributed by atoms with van der Waals surface area (Å²) in [4.78, 5) is 0. The zero-order chi connectivity index (χ0) is 14.8. The monoisotopic (exact) mass is 295 g/mol. The van der Waals surface area contributed by atoms with E-state index in [0.717, 1.165) is 24.5 Å². The van der Waals surface area contributed by atoms with E-state index in [0.29, 0.717) is 12.6 Å². The molecule has 3 nitrogen and oxygen atoms in total. The molecule has 0 aliphatic carbocycles. The lowest BCUT2D eigenvalue weighted by Gasteiger charge is -2.26. The van der Waals surface area contributed by atoms with Crippen molar-refractivity contribution in [1.82, 2.24) is 5.32 Å². The van der Waals surface area contributed by atoms with Crippen LogP contribution in [-0.2, 0) is 6.42 Å². The van der Waals surface area contributed by atoms with Gasteiger partial charge in [-0.3, -0.25) is 0 Å². The molecule has 4 rings (SSSR count). The lowest BCUT2D eigenvalue weighted by molar-refractivity contribution is 0.0913. The fourth-order valence-electron chi connectivity index (χ4n) is 3.27. The SMILES string of the molecule is c1ccc2c(c1)OC[C@H](c1ccc(C[C@@H]3CCCN3)cc1)O2. The van der Waals surface area contributed by atoms with Crippen molar-refractivity contribution in [3.05, 3.63) is 59.7 Å². The van der Waals surface area contributed by atoms with Crippen molar-refractivity contribution in [2.45, 2.75) is 31.4 Å². The van der Waals surface area contributed by atoms with E-state index < -0.39 is 0 Å². The van der Waals surface area contributed by atoms with Gasteiger partial charge in [0.05, 0.1) is 0 Å². The highest BCUT2D eigenvalue weighted by molar-refractivity contribution is 5.41. The molecule has 0 radical (unpaired) electrons. The molecule has 0 bridgehead atoms. The van der Waals surface area contributed by atoms with Crippen LogP contribution in [0.5, 0.6) is 11.5 Å². The summed E-state index contributed by atoms with van der Waals surface area (Å²) in [5, 5.41) is 3.55. The summed E-state index contributed by atoms with van der Waals surface area (Å²) < 4.78 is 11.8. The van der Waals surface area contributed by atoms with Crippen LogP contribution in [0.15, 0.2) is 48.5 Å². The summed E-state index contributed by atoms with van der Waals surface area (Å²) in [6.45, 7) is 1.73. The molecule has 114 valence electrons. The molecule has 2 heterocycles. The number of rotatable bonds is 3. The highest BCUT2D eigenvalue weighted by atomic mass is 16.6. The molecule has 0 amide bonds. The Bertz CT molecular complexity index is 632. The van der Waals surface area contributed by atoms with E-state index >= 15 is 0 Å². The predicted octanol–water partition coefficient (Wildman–Crippen LogP) is 3.49. The Morgan fingerprint density at radius 2 is 1.82 bits per heavy atom. The first-order chi connectivity index (χ1) is 10.9. The van der Waals surface area contributed by atoms with Gasteiger partial charge in [-0.05, 0) is 49.1 Å². The zero-order valence-corrected chi connectivity index (χ0v) is 12.6. The second-order valence-electron chi connectivity index (χ2n) is 6.10. The number of ether oxygens (including phenoxy) is 2. The number of hydrogen-bond acceptors (Lipinski definition) is 3. The molecule has 1 N–H and O–H groups in total. The first-order valence-electron chi connectivity index (χ1n) is 8.09. The van der Waals surface area contributed by atoms with Gasteiger partial charge in [0, 0.05) is 6.04 Å². The standard InChI is InChI=1S/C19H21NO2/c1-2-6-18-17(5-1)21-13-19(22-18)15-9-7-14(8-10-15)12-16-4-3-11-20-16/h1-2,5-10,16,19-20H,3-4,11-13H2/t16-,19+/m0/s1. The third-order valence-electron chi connectivity index (χ3n) is 4.50. The van der Waals surface area contributed by atoms with Gasteiger partial charge in [0.15, 0.2) is 17.6 Å². The van der Waals surface area contributed by atoms with Gasteiger partial charge in [0.1, 0.15) is 6.61 Å². The molecule has 2 aliphatic heterocycles. The summed E-state index contributed by atoms with van der Waals surface area (Å²) in [6, 6.07) is 17.3. The van der Waals surface area contributed by atoms with E-state index in [-0.39, 0.29) is 6.10 Å². The van der Waals surface area contributed by atoms with Crippen molar-refractivity contribution in [3.8, 4) is 11.5 Å². The molecule has 22 heavy (non-hydrogen) atoms. The van der Waals surface area contributed by atoms with E-state index in [1.165, 1.54) is 24.0 Å². The summed E-state index contributed by atoms with van der Waals surface area (Å²) in [5.41, 5.74) is 2.57. The van der Waals surface area contributed by atoms with Gasteiger partial charge in [-0.2, -0.15) is 0 Å². The van der Waals surface area contributed by atoms with Crippen LogP contribution in [0.2, 0.25) is 0 Å². The molecule has 3 heteroatoms. The Labute approximate surface area is 131 Å². The topological polar surface area (TPSA) is 30.5 Å². The van der Waals surface area contributed by atoms with Gasteiger partial charge in [0.2, 0.25) is 0 Å². The second kappa shape index (κ2) is 6.01. The molecule has 0 spiro atoms. The highest BCUT2D eigenvalue weighted by Gasteiger charge is 2.22. The first kappa shape index (κ1) is 13.6. The Morgan fingerprint density at radius 1 is 1.00 bits per heavy atom. The smallest absolute Gasteiger partial charge is 0.162 e. The quantitative estimate of drug-likeness (QED) is 0.940. The predicted molar refractivity (Wildman–Crippen MR) is 86.5 cm³/mol. The van der Waals surface area contributed by atoms with Crippen molar-refractivity contribution in [1.29, 1.82) is 0 Å². The fraction of sp³-hybridized carbons (Fsp3) is 0.368. The maximum absolute atomic E-state index is 6.05. The van der Waals surface area contributed by atoms with E-state index in [2.05, 4.69) is 29.6 Å². The van der Waals surface area contributed by atoms with Crippen molar-refractivity contribution in [2.24, 2.45) is 0 Å². The van der Waals surface area contributed by atoms with Crippen LogP contribution in [-0.4, -0.2) is 19.2 Å². The Hall–Kier alpha value is -2.00. The van der Waals surface area contributed by atoms with E-state index in [1.807, 2.05) is 24.3 Å². The molecule has 0 saturated carbocycles. The van der Waals surface area contributed by atoms with Crippen molar-refractivity contribution in [3.63, 3.8) is 0 Å². The van der Waals surface area contributed by atoms with Crippen LogP contribution in [0.4, 0.5) is 0 Å². The fourth-order valence-corrected chi connectivity index (χ4v) is 3.27. The minimum Gasteiger partial charge on any atom is -0.485 e. The van der Waals surface area contributed by atoms with Crippen molar-refractivity contribution in [2.75, 3.05) is 13.2 Å².